The molecule has 0 fully saturated rings. The molecule has 0 saturated heterocycles. The maximum Gasteiger partial charge on any atom is 0.264 e. The van der Waals surface area contributed by atoms with E-state index in [1.54, 1.807) is 0 Å². The van der Waals surface area contributed by atoms with Gasteiger partial charge in [0.05, 0.1) is 12.3 Å². The third-order valence-electron chi connectivity index (χ3n) is 1.73. The SMILES string of the molecule is OCc1c(C(F)F)cc(Br)nc1CBr. The summed E-state index contributed by atoms with van der Waals surface area (Å²) in [7, 11) is 0. The molecule has 1 aromatic rings. The summed E-state index contributed by atoms with van der Waals surface area (Å²) in [6, 6.07) is 1.22. The topological polar surface area (TPSA) is 33.1 Å². The van der Waals surface area contributed by atoms with E-state index in [4.69, 9.17) is 5.11 Å². The van der Waals surface area contributed by atoms with Gasteiger partial charge in [-0.05, 0) is 22.0 Å². The van der Waals surface area contributed by atoms with E-state index in [-0.39, 0.29) is 11.1 Å². The largest absolute Gasteiger partial charge is 0.392 e. The van der Waals surface area contributed by atoms with E-state index in [0.717, 1.165) is 0 Å². The lowest BCUT2D eigenvalue weighted by atomic mass is 10.1. The molecule has 78 valence electrons. The molecule has 1 aromatic heterocycles. The molecule has 0 aliphatic carbocycles. The van der Waals surface area contributed by atoms with Gasteiger partial charge in [0.2, 0.25) is 0 Å². The van der Waals surface area contributed by atoms with E-state index in [9.17, 15) is 8.78 Å². The standard InChI is InChI=1S/C8H7Br2F2NO/c9-2-6-5(3-14)4(8(11)12)1-7(10)13-6/h1,8,14H,2-3H2. The van der Waals surface area contributed by atoms with E-state index >= 15 is 0 Å². The van der Waals surface area contributed by atoms with E-state index < -0.39 is 13.0 Å². The van der Waals surface area contributed by atoms with Crippen LogP contribution >= 0.6 is 31.9 Å². The van der Waals surface area contributed by atoms with Gasteiger partial charge in [-0.2, -0.15) is 0 Å². The van der Waals surface area contributed by atoms with Gasteiger partial charge in [0, 0.05) is 16.5 Å². The predicted octanol–water partition coefficient (Wildman–Crippen LogP) is 3.17. The molecule has 0 atom stereocenters. The van der Waals surface area contributed by atoms with Crippen LogP contribution in [0.5, 0.6) is 0 Å². The zero-order valence-electron chi connectivity index (χ0n) is 6.98. The fourth-order valence-corrected chi connectivity index (χ4v) is 2.02. The lowest BCUT2D eigenvalue weighted by Gasteiger charge is -2.10. The minimum Gasteiger partial charge on any atom is -0.392 e. The first-order valence-electron chi connectivity index (χ1n) is 3.73. The molecule has 0 aromatic carbocycles. The van der Waals surface area contributed by atoms with Crippen LogP contribution in [-0.4, -0.2) is 10.1 Å². The van der Waals surface area contributed by atoms with Gasteiger partial charge < -0.3 is 5.11 Å². The second kappa shape index (κ2) is 5.14. The number of aromatic nitrogens is 1. The number of aliphatic hydroxyl groups excluding tert-OH is 1. The van der Waals surface area contributed by atoms with Crippen molar-refractivity contribution in [1.82, 2.24) is 4.98 Å². The van der Waals surface area contributed by atoms with Crippen molar-refractivity contribution < 1.29 is 13.9 Å². The van der Waals surface area contributed by atoms with E-state index in [2.05, 4.69) is 36.8 Å². The van der Waals surface area contributed by atoms with Crippen LogP contribution in [0.2, 0.25) is 0 Å². The second-order valence-electron chi connectivity index (χ2n) is 2.55. The Bertz CT molecular complexity index is 333. The van der Waals surface area contributed by atoms with Crippen molar-refractivity contribution in [2.45, 2.75) is 18.4 Å². The average molecular weight is 331 g/mol. The molecule has 14 heavy (non-hydrogen) atoms. The number of nitrogens with zero attached hydrogens (tertiary/aromatic N) is 1. The molecule has 0 spiro atoms. The van der Waals surface area contributed by atoms with Crippen molar-refractivity contribution >= 4 is 31.9 Å². The zero-order chi connectivity index (χ0) is 10.7. The molecule has 6 heteroatoms. The van der Waals surface area contributed by atoms with Crippen LogP contribution in [0, 0.1) is 0 Å². The second-order valence-corrected chi connectivity index (χ2v) is 3.93. The molecule has 1 N–H and O–H groups in total. The highest BCUT2D eigenvalue weighted by Gasteiger charge is 2.17. The van der Waals surface area contributed by atoms with Crippen LogP contribution in [-0.2, 0) is 11.9 Å². The summed E-state index contributed by atoms with van der Waals surface area (Å²) in [5.41, 5.74) is 0.445. The summed E-state index contributed by atoms with van der Waals surface area (Å²) < 4.78 is 25.4. The number of pyridine rings is 1. The molecular formula is C8H7Br2F2NO. The highest BCUT2D eigenvalue weighted by molar-refractivity contribution is 9.10. The van der Waals surface area contributed by atoms with Gasteiger partial charge in [-0.25, -0.2) is 13.8 Å². The normalized spacial score (nSPS) is 11.0. The van der Waals surface area contributed by atoms with Crippen LogP contribution < -0.4 is 0 Å². The Balaban J connectivity index is 3.31. The number of hydrogen-bond acceptors (Lipinski definition) is 2. The quantitative estimate of drug-likeness (QED) is 0.682. The van der Waals surface area contributed by atoms with Gasteiger partial charge in [-0.15, -0.1) is 0 Å². The Labute approximate surface area is 96.6 Å². The summed E-state index contributed by atoms with van der Waals surface area (Å²) in [4.78, 5) is 3.98. The Hall–Kier alpha value is -0.0700. The molecule has 0 radical (unpaired) electrons. The van der Waals surface area contributed by atoms with E-state index in [1.165, 1.54) is 6.07 Å². The van der Waals surface area contributed by atoms with Crippen LogP contribution in [0.15, 0.2) is 10.7 Å². The third kappa shape index (κ3) is 2.49. The number of aliphatic hydroxyl groups is 1. The molecule has 1 heterocycles. The van der Waals surface area contributed by atoms with Crippen LogP contribution in [0.25, 0.3) is 0 Å². The fraction of sp³-hybridized carbons (Fsp3) is 0.375. The van der Waals surface area contributed by atoms with Gasteiger partial charge in [0.15, 0.2) is 0 Å². The van der Waals surface area contributed by atoms with Gasteiger partial charge in [-0.1, -0.05) is 15.9 Å². The summed E-state index contributed by atoms with van der Waals surface area (Å²) in [6.45, 7) is -0.430. The predicted molar refractivity (Wildman–Crippen MR) is 55.4 cm³/mol. The fourth-order valence-electron chi connectivity index (χ4n) is 1.10. The lowest BCUT2D eigenvalue weighted by Crippen LogP contribution is -2.02. The molecule has 1 rings (SSSR count). The minimum atomic E-state index is -2.60. The van der Waals surface area contributed by atoms with Crippen molar-refractivity contribution in [1.29, 1.82) is 0 Å². The number of rotatable bonds is 3. The molecule has 0 unspecified atom stereocenters. The van der Waals surface area contributed by atoms with Crippen molar-refractivity contribution in [2.75, 3.05) is 0 Å². The molecule has 0 amide bonds. The highest BCUT2D eigenvalue weighted by Crippen LogP contribution is 2.28. The first-order chi connectivity index (χ1) is 6.60. The van der Waals surface area contributed by atoms with E-state index in [0.29, 0.717) is 15.6 Å². The van der Waals surface area contributed by atoms with Gasteiger partial charge >= 0.3 is 0 Å². The Morgan fingerprint density at radius 3 is 2.57 bits per heavy atom. The summed E-state index contributed by atoms with van der Waals surface area (Å²) in [5, 5.41) is 9.30. The molecule has 2 nitrogen and oxygen atoms in total. The van der Waals surface area contributed by atoms with Gasteiger partial charge in [-0.3, -0.25) is 0 Å². The molecule has 0 aliphatic rings. The molecule has 0 bridgehead atoms. The minimum absolute atomic E-state index is 0.177. The van der Waals surface area contributed by atoms with Crippen molar-refractivity contribution in [3.05, 3.63) is 27.5 Å². The summed E-state index contributed by atoms with van der Waals surface area (Å²) in [6.07, 6.45) is -2.60. The average Bonchev–Trinajstić information content (AvgIpc) is 2.16. The van der Waals surface area contributed by atoms with Crippen molar-refractivity contribution in [2.24, 2.45) is 0 Å². The van der Waals surface area contributed by atoms with Gasteiger partial charge in [0.25, 0.3) is 6.43 Å². The summed E-state index contributed by atoms with van der Waals surface area (Å²) >= 11 is 6.17. The number of halogens is 4. The Kier molecular flexibility index (Phi) is 4.40. The van der Waals surface area contributed by atoms with Crippen LogP contribution in [0.1, 0.15) is 23.2 Å². The maximum atomic E-state index is 12.5. The number of hydrogen-bond donors (Lipinski definition) is 1. The Morgan fingerprint density at radius 2 is 2.14 bits per heavy atom. The lowest BCUT2D eigenvalue weighted by molar-refractivity contribution is 0.146. The van der Waals surface area contributed by atoms with Crippen LogP contribution in [0.4, 0.5) is 8.78 Å². The molecule has 0 saturated carbocycles. The summed E-state index contributed by atoms with van der Waals surface area (Å²) in [5.74, 6) is 0. The zero-order valence-corrected chi connectivity index (χ0v) is 10.1. The van der Waals surface area contributed by atoms with Gasteiger partial charge in [0.1, 0.15) is 4.60 Å². The third-order valence-corrected chi connectivity index (χ3v) is 2.67. The maximum absolute atomic E-state index is 12.5. The van der Waals surface area contributed by atoms with Crippen molar-refractivity contribution in [3.63, 3.8) is 0 Å². The highest BCUT2D eigenvalue weighted by atomic mass is 79.9. The first kappa shape index (κ1) is 12.0. The number of alkyl halides is 3. The monoisotopic (exact) mass is 329 g/mol. The molecule has 0 aliphatic heterocycles. The first-order valence-corrected chi connectivity index (χ1v) is 5.64. The van der Waals surface area contributed by atoms with E-state index in [1.807, 2.05) is 0 Å². The molecular weight excluding hydrogens is 324 g/mol. The Morgan fingerprint density at radius 1 is 1.50 bits per heavy atom. The van der Waals surface area contributed by atoms with Crippen LogP contribution in [0.3, 0.4) is 0 Å². The smallest absolute Gasteiger partial charge is 0.264 e. The van der Waals surface area contributed by atoms with Crippen molar-refractivity contribution in [3.8, 4) is 0 Å².